The number of nitrogens with two attached hydrogens (primary N) is 1. The van der Waals surface area contributed by atoms with Crippen molar-refractivity contribution in [2.24, 2.45) is 0 Å². The monoisotopic (exact) mass is 296 g/mol. The van der Waals surface area contributed by atoms with E-state index in [9.17, 15) is 20.1 Å². The lowest BCUT2D eigenvalue weighted by atomic mass is 9.89. The van der Waals surface area contributed by atoms with Crippen molar-refractivity contribution in [1.82, 2.24) is 15.0 Å². The van der Waals surface area contributed by atoms with Crippen LogP contribution >= 0.6 is 0 Å². The van der Waals surface area contributed by atoms with E-state index in [1.807, 2.05) is 0 Å². The van der Waals surface area contributed by atoms with Crippen molar-refractivity contribution in [2.45, 2.75) is 30.8 Å². The molecule has 0 radical (unpaired) electrons. The summed E-state index contributed by atoms with van der Waals surface area (Å²) < 4.78 is 5.51. The molecule has 0 amide bonds. The molecule has 1 saturated heterocycles. The van der Waals surface area contributed by atoms with Crippen LogP contribution in [0.15, 0.2) is 11.0 Å². The summed E-state index contributed by atoms with van der Waals surface area (Å²) in [6.45, 7) is 0.958. The fraction of sp³-hybridized carbons (Fsp3) is 0.500. The van der Waals surface area contributed by atoms with E-state index in [0.29, 0.717) is 5.56 Å². The third kappa shape index (κ3) is 1.94. The Bertz CT molecular complexity index is 737. The van der Waals surface area contributed by atoms with Gasteiger partial charge in [-0.1, -0.05) is 0 Å². The van der Waals surface area contributed by atoms with Gasteiger partial charge < -0.3 is 30.8 Å². The summed E-state index contributed by atoms with van der Waals surface area (Å²) in [6, 6.07) is 0. The van der Waals surface area contributed by atoms with Gasteiger partial charge >= 0.3 is 0 Å². The van der Waals surface area contributed by atoms with Crippen LogP contribution in [-0.4, -0.2) is 54.7 Å². The molecule has 0 aliphatic carbocycles. The van der Waals surface area contributed by atoms with Gasteiger partial charge in [-0.3, -0.25) is 9.78 Å². The van der Waals surface area contributed by atoms with Gasteiger partial charge in [0, 0.05) is 11.8 Å². The first-order valence-electron chi connectivity index (χ1n) is 6.39. The second-order valence-corrected chi connectivity index (χ2v) is 5.33. The summed E-state index contributed by atoms with van der Waals surface area (Å²) in [5, 5.41) is 29.6. The molecular formula is C12H16N4O5. The lowest BCUT2D eigenvalue weighted by molar-refractivity contribution is -0.0641. The Balaban J connectivity index is 2.15. The van der Waals surface area contributed by atoms with Crippen LogP contribution in [0.3, 0.4) is 0 Å². The molecule has 21 heavy (non-hydrogen) atoms. The van der Waals surface area contributed by atoms with E-state index in [1.54, 1.807) is 0 Å². The zero-order valence-electron chi connectivity index (χ0n) is 11.2. The molecule has 0 bridgehead atoms. The van der Waals surface area contributed by atoms with E-state index in [-0.39, 0.29) is 17.0 Å². The summed E-state index contributed by atoms with van der Waals surface area (Å²) in [5.41, 5.74) is 4.29. The quantitative estimate of drug-likeness (QED) is 0.388. The average molecular weight is 296 g/mol. The fourth-order valence-electron chi connectivity index (χ4n) is 2.70. The third-order valence-electron chi connectivity index (χ3n) is 3.84. The molecule has 2 aromatic rings. The van der Waals surface area contributed by atoms with Crippen molar-refractivity contribution in [3.63, 3.8) is 0 Å². The van der Waals surface area contributed by atoms with Gasteiger partial charge in [0.25, 0.3) is 5.56 Å². The molecule has 7 N–H and O–H groups in total. The van der Waals surface area contributed by atoms with Crippen molar-refractivity contribution >= 4 is 17.0 Å². The molecule has 1 aliphatic heterocycles. The number of anilines is 1. The predicted octanol–water partition coefficient (Wildman–Crippen LogP) is -1.62. The van der Waals surface area contributed by atoms with E-state index >= 15 is 0 Å². The van der Waals surface area contributed by atoms with Gasteiger partial charge in [-0.05, 0) is 6.92 Å². The Morgan fingerprint density at radius 2 is 2.29 bits per heavy atom. The van der Waals surface area contributed by atoms with Crippen molar-refractivity contribution in [3.8, 4) is 0 Å². The standard InChI is InChI=1S/C12H16N4O5/c1-12(20)8(18)5(3-17)21-9(12)4-2-14-7-6(4)15-11(13)16-10(7)19/h2,5,8-9,14,17-18,20H,3H2,1H3,(H3,13,15,16,19)/t5-,8-,9+,12+/m1/s1. The lowest BCUT2D eigenvalue weighted by Crippen LogP contribution is -2.43. The lowest BCUT2D eigenvalue weighted by Gasteiger charge is -2.26. The topological polar surface area (TPSA) is 157 Å². The summed E-state index contributed by atoms with van der Waals surface area (Å²) in [4.78, 5) is 20.9. The Kier molecular flexibility index (Phi) is 3.02. The van der Waals surface area contributed by atoms with Crippen LogP contribution in [0.4, 0.5) is 5.95 Å². The molecule has 0 aromatic carbocycles. The first-order chi connectivity index (χ1) is 9.86. The maximum Gasteiger partial charge on any atom is 0.276 e. The van der Waals surface area contributed by atoms with E-state index in [0.717, 1.165) is 0 Å². The zero-order chi connectivity index (χ0) is 15.4. The summed E-state index contributed by atoms with van der Waals surface area (Å²) >= 11 is 0. The molecule has 1 aliphatic rings. The van der Waals surface area contributed by atoms with Gasteiger partial charge in [-0.2, -0.15) is 0 Å². The number of hydrogen-bond acceptors (Lipinski definition) is 7. The number of nitrogens with zero attached hydrogens (tertiary/aromatic N) is 1. The maximum absolute atomic E-state index is 11.8. The molecule has 114 valence electrons. The first-order valence-corrected chi connectivity index (χ1v) is 6.39. The van der Waals surface area contributed by atoms with Crippen molar-refractivity contribution < 1.29 is 20.1 Å². The number of aromatic nitrogens is 3. The molecule has 2 aromatic heterocycles. The second-order valence-electron chi connectivity index (χ2n) is 5.33. The molecular weight excluding hydrogens is 280 g/mol. The number of aliphatic hydroxyl groups is 3. The highest BCUT2D eigenvalue weighted by molar-refractivity contribution is 5.79. The van der Waals surface area contributed by atoms with E-state index < -0.39 is 36.1 Å². The average Bonchev–Trinajstić information content (AvgIpc) is 2.91. The molecule has 0 spiro atoms. The van der Waals surface area contributed by atoms with Gasteiger partial charge in [0.15, 0.2) is 0 Å². The number of rotatable bonds is 2. The number of aromatic amines is 2. The molecule has 0 saturated carbocycles. The Morgan fingerprint density at radius 1 is 1.57 bits per heavy atom. The van der Waals surface area contributed by atoms with Crippen LogP contribution in [-0.2, 0) is 4.74 Å². The minimum Gasteiger partial charge on any atom is -0.394 e. The predicted molar refractivity (Wildman–Crippen MR) is 72.5 cm³/mol. The van der Waals surface area contributed by atoms with Gasteiger partial charge in [0.2, 0.25) is 5.95 Å². The molecule has 9 heteroatoms. The van der Waals surface area contributed by atoms with Crippen LogP contribution in [0, 0.1) is 0 Å². The van der Waals surface area contributed by atoms with E-state index in [4.69, 9.17) is 10.5 Å². The highest BCUT2D eigenvalue weighted by Gasteiger charge is 2.53. The molecule has 3 rings (SSSR count). The summed E-state index contributed by atoms with van der Waals surface area (Å²) in [7, 11) is 0. The van der Waals surface area contributed by atoms with Gasteiger partial charge in [0.1, 0.15) is 34.9 Å². The number of fused-ring (bicyclic) bond motifs is 1. The highest BCUT2D eigenvalue weighted by Crippen LogP contribution is 2.42. The van der Waals surface area contributed by atoms with Gasteiger partial charge in [-0.25, -0.2) is 4.98 Å². The van der Waals surface area contributed by atoms with Gasteiger partial charge in [0.05, 0.1) is 6.61 Å². The van der Waals surface area contributed by atoms with Crippen LogP contribution in [0.5, 0.6) is 0 Å². The number of nitrogen functional groups attached to an aromatic ring is 1. The minimum absolute atomic E-state index is 0.0646. The van der Waals surface area contributed by atoms with Crippen molar-refractivity contribution in [3.05, 3.63) is 22.1 Å². The Hall–Kier alpha value is -1.94. The summed E-state index contributed by atoms with van der Waals surface area (Å²) in [6.07, 6.45) is -1.67. The summed E-state index contributed by atoms with van der Waals surface area (Å²) in [5.74, 6) is -0.0646. The molecule has 1 fully saturated rings. The second kappa shape index (κ2) is 4.53. The Labute approximate surface area is 118 Å². The highest BCUT2D eigenvalue weighted by atomic mass is 16.6. The number of H-pyrrole nitrogens is 2. The number of aliphatic hydroxyl groups excluding tert-OH is 2. The normalized spacial score (nSPS) is 32.9. The van der Waals surface area contributed by atoms with Gasteiger partial charge in [-0.15, -0.1) is 0 Å². The van der Waals surface area contributed by atoms with Crippen LogP contribution in [0.1, 0.15) is 18.6 Å². The fourth-order valence-corrected chi connectivity index (χ4v) is 2.70. The SMILES string of the molecule is C[C@]1(O)[C@H](O)[C@@H](CO)O[C@H]1c1c[nH]c2c(=O)[nH]c(N)nc12. The maximum atomic E-state index is 11.8. The largest absolute Gasteiger partial charge is 0.394 e. The first kappa shape index (κ1) is 14.0. The number of ether oxygens (including phenoxy) is 1. The van der Waals surface area contributed by atoms with Crippen molar-refractivity contribution in [2.75, 3.05) is 12.3 Å². The van der Waals surface area contributed by atoms with Crippen molar-refractivity contribution in [1.29, 1.82) is 0 Å². The minimum atomic E-state index is -1.64. The number of hydrogen-bond donors (Lipinski definition) is 6. The molecule has 0 unspecified atom stereocenters. The molecule has 4 atom stereocenters. The zero-order valence-corrected chi connectivity index (χ0v) is 11.2. The Morgan fingerprint density at radius 3 is 2.90 bits per heavy atom. The molecule has 3 heterocycles. The van der Waals surface area contributed by atoms with Crippen LogP contribution in [0.25, 0.3) is 11.0 Å². The van der Waals surface area contributed by atoms with E-state index in [1.165, 1.54) is 13.1 Å². The van der Waals surface area contributed by atoms with Crippen LogP contribution < -0.4 is 11.3 Å². The number of nitrogens with one attached hydrogen (secondary N) is 2. The van der Waals surface area contributed by atoms with Crippen LogP contribution in [0.2, 0.25) is 0 Å². The van der Waals surface area contributed by atoms with E-state index in [2.05, 4.69) is 15.0 Å². The molecule has 9 nitrogen and oxygen atoms in total. The third-order valence-corrected chi connectivity index (χ3v) is 3.84. The smallest absolute Gasteiger partial charge is 0.276 e.